The van der Waals surface area contributed by atoms with Crippen LogP contribution in [0.25, 0.3) is 6.08 Å². The molecular formula is C19H12Cl2CuN6Na3O11S3+3. The molecule has 45 heavy (non-hydrogen) atoms. The zero-order valence-electron chi connectivity index (χ0n) is 22.7. The van der Waals surface area contributed by atoms with E-state index in [1.54, 1.807) is 0 Å². The third kappa shape index (κ3) is 10.6. The number of halogens is 2. The first kappa shape index (κ1) is 44.8. The number of anilines is 3. The molecule has 17 nitrogen and oxygen atoms in total. The molecule has 6 N–H and O–H groups in total. The van der Waals surface area contributed by atoms with Gasteiger partial charge in [0.25, 0.3) is 30.4 Å². The van der Waals surface area contributed by atoms with Gasteiger partial charge in [0, 0.05) is 28.2 Å². The quantitative estimate of drug-likeness (QED) is 0.0561. The summed E-state index contributed by atoms with van der Waals surface area (Å²) in [7, 11) is -15.3. The minimum absolute atomic E-state index is 0. The Morgan fingerprint density at radius 3 is 1.87 bits per heavy atom. The number of fused-ring (bicyclic) bond motifs is 1. The van der Waals surface area contributed by atoms with Gasteiger partial charge < -0.3 is 10.4 Å². The third-order valence-electron chi connectivity index (χ3n) is 5.08. The Hall–Kier alpha value is -0.241. The number of allylic oxidation sites excluding steroid dienone is 1. The number of nitrogens with zero attached hydrogens (tertiary/aromatic N) is 4. The summed E-state index contributed by atoms with van der Waals surface area (Å²) in [5.41, 5.74) is -1.20. The zero-order valence-corrected chi connectivity index (χ0v) is 33.6. The number of hydrazone groups is 1. The average Bonchev–Trinajstić information content (AvgIpc) is 2.81. The average molecular weight is 800 g/mol. The number of nitrogens with one attached hydrogen (secondary N) is 2. The SMILES string of the molecule is O=C1C(=NNc2cc(S(=O)(=O)O)ccc2O)C(S(=O)(=O)O)=Cc2c1ccc(Nc1nc(Cl)nc(Cl)n1)c2S(=O)(=O)O.[Cu].[Na+].[Na+].[Na+]. The van der Waals surface area contributed by atoms with Gasteiger partial charge in [0.15, 0.2) is 5.71 Å². The Kier molecular flexibility index (Phi) is 16.8. The summed E-state index contributed by atoms with van der Waals surface area (Å²) in [6, 6.07) is 4.34. The minimum atomic E-state index is -5.34. The smallest absolute Gasteiger partial charge is 0.506 e. The number of rotatable bonds is 7. The van der Waals surface area contributed by atoms with Gasteiger partial charge >= 0.3 is 88.7 Å². The van der Waals surface area contributed by atoms with Crippen LogP contribution in [0, 0.1) is 0 Å². The number of carbonyl (C=O) groups is 1. The van der Waals surface area contributed by atoms with Crippen molar-refractivity contribution in [3.63, 3.8) is 0 Å². The van der Waals surface area contributed by atoms with Gasteiger partial charge in [-0.25, -0.2) is 0 Å². The van der Waals surface area contributed by atoms with Crippen LogP contribution in [0.5, 0.6) is 5.75 Å². The molecule has 3 aromatic rings. The van der Waals surface area contributed by atoms with E-state index in [0.717, 1.165) is 24.3 Å². The second kappa shape index (κ2) is 16.9. The topological polar surface area (TPSA) is 275 Å². The summed E-state index contributed by atoms with van der Waals surface area (Å²) in [6.45, 7) is 0. The van der Waals surface area contributed by atoms with Crippen molar-refractivity contribution in [2.45, 2.75) is 9.79 Å². The van der Waals surface area contributed by atoms with Crippen molar-refractivity contribution in [1.29, 1.82) is 0 Å². The maximum absolute atomic E-state index is 13.3. The molecule has 1 aliphatic rings. The normalized spacial score (nSPS) is 13.6. The van der Waals surface area contributed by atoms with Crippen molar-refractivity contribution >= 4 is 88.5 Å². The number of phenolic OH excluding ortho intramolecular Hbond substituents is 1. The molecule has 1 heterocycles. The van der Waals surface area contributed by atoms with Crippen LogP contribution in [0.4, 0.5) is 17.3 Å². The Morgan fingerprint density at radius 1 is 0.778 bits per heavy atom. The van der Waals surface area contributed by atoms with Gasteiger partial charge in [0.2, 0.25) is 22.3 Å². The number of benzene rings is 2. The predicted molar refractivity (Wildman–Crippen MR) is 142 cm³/mol. The minimum Gasteiger partial charge on any atom is -0.506 e. The van der Waals surface area contributed by atoms with Crippen LogP contribution >= 0.6 is 23.2 Å². The summed E-state index contributed by atoms with van der Waals surface area (Å²) in [6.07, 6.45) is 0.517. The van der Waals surface area contributed by atoms with E-state index in [4.69, 9.17) is 23.2 Å². The Labute approximate surface area is 341 Å². The molecule has 1 aliphatic carbocycles. The van der Waals surface area contributed by atoms with E-state index >= 15 is 0 Å². The molecular weight excluding hydrogens is 788 g/mol. The van der Waals surface area contributed by atoms with Crippen LogP contribution in [-0.2, 0) is 47.4 Å². The van der Waals surface area contributed by atoms with Crippen LogP contribution in [-0.4, -0.2) is 70.5 Å². The fourth-order valence-electron chi connectivity index (χ4n) is 3.44. The third-order valence-corrected chi connectivity index (χ3v) is 8.09. The molecule has 0 unspecified atom stereocenters. The molecule has 2 aromatic carbocycles. The molecule has 0 spiro atoms. The molecule has 227 valence electrons. The molecule has 0 atom stereocenters. The van der Waals surface area contributed by atoms with Crippen molar-refractivity contribution < 1.29 is 155 Å². The molecule has 1 aromatic heterocycles. The second-order valence-electron chi connectivity index (χ2n) is 7.74. The number of hydrogen-bond donors (Lipinski definition) is 6. The summed E-state index contributed by atoms with van der Waals surface area (Å²) in [5.74, 6) is -2.35. The van der Waals surface area contributed by atoms with Crippen molar-refractivity contribution in [3.05, 3.63) is 56.9 Å². The molecule has 1 radical (unpaired) electrons. The second-order valence-corrected chi connectivity index (χ2v) is 12.6. The molecule has 0 saturated carbocycles. The standard InChI is InChI=1S/C19H12Cl2N6O11S3.Cu.3Na/c20-17-23-18(21)25-19(24-17)22-10-3-2-8-9(16(10)41(36,37)38)6-13(40(33,34)35)14(15(8)29)27-26-11-5-7(39(30,31)32)1-4-12(11)28;;;;/h1-6,26,28H,(H,30,31,32)(H,33,34,35)(H,36,37,38)(H,22,23,24,25);;;;/q;;3*+1. The van der Waals surface area contributed by atoms with Crippen LogP contribution in [0.15, 0.2) is 50.1 Å². The maximum Gasteiger partial charge on any atom is 1.00 e. The molecule has 0 saturated heterocycles. The van der Waals surface area contributed by atoms with Gasteiger partial charge in [-0.2, -0.15) is 45.3 Å². The molecule has 26 heteroatoms. The van der Waals surface area contributed by atoms with E-state index < -0.39 is 101 Å². The van der Waals surface area contributed by atoms with Gasteiger partial charge in [0.1, 0.15) is 15.6 Å². The van der Waals surface area contributed by atoms with E-state index in [9.17, 15) is 48.8 Å². The van der Waals surface area contributed by atoms with E-state index in [2.05, 4.69) is 30.8 Å². The number of aromatic nitrogens is 3. The fourth-order valence-corrected chi connectivity index (χ4v) is 5.81. The summed E-state index contributed by atoms with van der Waals surface area (Å²) < 4.78 is 101. The number of aromatic hydroxyl groups is 1. The van der Waals surface area contributed by atoms with E-state index in [1.807, 2.05) is 0 Å². The number of hydrogen-bond acceptors (Lipinski definition) is 14. The van der Waals surface area contributed by atoms with Crippen LogP contribution in [0.2, 0.25) is 10.6 Å². The number of ketones is 1. The molecule has 4 rings (SSSR count). The molecule has 0 bridgehead atoms. The fraction of sp³-hybridized carbons (Fsp3) is 0. The van der Waals surface area contributed by atoms with E-state index in [1.165, 1.54) is 0 Å². The summed E-state index contributed by atoms with van der Waals surface area (Å²) in [5, 5.41) is 15.1. The first-order valence-corrected chi connectivity index (χ1v) is 15.3. The monoisotopic (exact) mass is 798 g/mol. The summed E-state index contributed by atoms with van der Waals surface area (Å²) in [4.78, 5) is 21.2. The zero-order chi connectivity index (χ0) is 30.5. The Morgan fingerprint density at radius 2 is 1.36 bits per heavy atom. The van der Waals surface area contributed by atoms with Crippen molar-refractivity contribution in [3.8, 4) is 5.75 Å². The number of Topliss-reactive ketones (excluding diaryl/α,β-unsaturated/α-hetero) is 1. The van der Waals surface area contributed by atoms with Crippen molar-refractivity contribution in [1.82, 2.24) is 15.0 Å². The van der Waals surface area contributed by atoms with E-state index in [0.29, 0.717) is 12.1 Å². The van der Waals surface area contributed by atoms with Crippen LogP contribution in [0.3, 0.4) is 0 Å². The van der Waals surface area contributed by atoms with Gasteiger partial charge in [-0.3, -0.25) is 23.9 Å². The largest absolute Gasteiger partial charge is 1.00 e. The number of carbonyl (C=O) groups excluding carboxylic acids is 1. The van der Waals surface area contributed by atoms with Gasteiger partial charge in [0.05, 0.1) is 16.3 Å². The Bertz CT molecular complexity index is 2040. The van der Waals surface area contributed by atoms with Gasteiger partial charge in [-0.15, -0.1) is 0 Å². The first-order valence-electron chi connectivity index (χ1n) is 10.2. The molecule has 0 amide bonds. The van der Waals surface area contributed by atoms with Gasteiger partial charge in [-0.1, -0.05) is 0 Å². The predicted octanol–water partition coefficient (Wildman–Crippen LogP) is -6.98. The molecule has 0 aliphatic heterocycles. The molecule has 0 fully saturated rings. The van der Waals surface area contributed by atoms with Crippen LogP contribution < -0.4 is 99.4 Å². The Balaban J connectivity index is 0.00000484. The van der Waals surface area contributed by atoms with Gasteiger partial charge in [-0.05, 0) is 59.6 Å². The van der Waals surface area contributed by atoms with Crippen LogP contribution in [0.1, 0.15) is 15.9 Å². The summed E-state index contributed by atoms with van der Waals surface area (Å²) >= 11 is 11.4. The van der Waals surface area contributed by atoms with E-state index in [-0.39, 0.29) is 106 Å². The van der Waals surface area contributed by atoms with Crippen molar-refractivity contribution in [2.24, 2.45) is 5.10 Å². The van der Waals surface area contributed by atoms with Crippen molar-refractivity contribution in [2.75, 3.05) is 10.7 Å². The maximum atomic E-state index is 13.3. The first-order chi connectivity index (χ1) is 18.9. The number of phenols is 1.